The molecule has 1 heterocycles. The van der Waals surface area contributed by atoms with Crippen LogP contribution in [-0.4, -0.2) is 32.3 Å². The van der Waals surface area contributed by atoms with Crippen LogP contribution in [0.25, 0.3) is 0 Å². The fourth-order valence-corrected chi connectivity index (χ4v) is 3.84. The van der Waals surface area contributed by atoms with Crippen LogP contribution in [-0.2, 0) is 11.8 Å². The van der Waals surface area contributed by atoms with Gasteiger partial charge in [0.05, 0.1) is 17.5 Å². The van der Waals surface area contributed by atoms with Gasteiger partial charge in [-0.05, 0) is 44.2 Å². The Kier molecular flexibility index (Phi) is 7.45. The molecule has 1 aromatic heterocycles. The summed E-state index contributed by atoms with van der Waals surface area (Å²) in [7, 11) is 1.76. The monoisotopic (exact) mass is 505 g/mol. The third kappa shape index (κ3) is 5.92. The number of aryl methyl sites for hydroxylation is 1. The van der Waals surface area contributed by atoms with Crippen molar-refractivity contribution < 1.29 is 14.0 Å². The SMILES string of the molecule is Cc1ccc(C(=O)N[C@H](C)c2nnc(SCC(=O)Nc3ccc(Br)cc3F)n2C)cc1. The molecule has 7 nitrogen and oxygen atoms in total. The van der Waals surface area contributed by atoms with E-state index >= 15 is 0 Å². The van der Waals surface area contributed by atoms with Gasteiger partial charge in [0.15, 0.2) is 11.0 Å². The number of amides is 2. The average molecular weight is 506 g/mol. The minimum Gasteiger partial charge on any atom is -0.342 e. The van der Waals surface area contributed by atoms with Crippen molar-refractivity contribution in [3.05, 3.63) is 69.7 Å². The zero-order valence-corrected chi connectivity index (χ0v) is 19.6. The van der Waals surface area contributed by atoms with Gasteiger partial charge in [-0.2, -0.15) is 0 Å². The summed E-state index contributed by atoms with van der Waals surface area (Å²) >= 11 is 4.35. The average Bonchev–Trinajstić information content (AvgIpc) is 3.09. The Morgan fingerprint density at radius 3 is 2.58 bits per heavy atom. The molecule has 3 rings (SSSR count). The molecule has 2 aromatic carbocycles. The fourth-order valence-electron chi connectivity index (χ4n) is 2.79. The molecular formula is C21H21BrFN5O2S. The van der Waals surface area contributed by atoms with Crippen LogP contribution in [0.1, 0.15) is 34.7 Å². The van der Waals surface area contributed by atoms with E-state index in [1.807, 2.05) is 26.0 Å². The molecule has 10 heteroatoms. The van der Waals surface area contributed by atoms with Crippen LogP contribution >= 0.6 is 27.7 Å². The molecule has 31 heavy (non-hydrogen) atoms. The summed E-state index contributed by atoms with van der Waals surface area (Å²) in [6, 6.07) is 11.3. The van der Waals surface area contributed by atoms with Crippen molar-refractivity contribution in [2.45, 2.75) is 25.0 Å². The van der Waals surface area contributed by atoms with Gasteiger partial charge in [0, 0.05) is 17.1 Å². The lowest BCUT2D eigenvalue weighted by molar-refractivity contribution is -0.113. The highest BCUT2D eigenvalue weighted by Gasteiger charge is 2.19. The first-order valence-corrected chi connectivity index (χ1v) is 11.2. The molecule has 0 unspecified atom stereocenters. The van der Waals surface area contributed by atoms with Gasteiger partial charge in [-0.3, -0.25) is 9.59 Å². The van der Waals surface area contributed by atoms with E-state index in [-0.39, 0.29) is 29.3 Å². The Morgan fingerprint density at radius 1 is 1.19 bits per heavy atom. The first kappa shape index (κ1) is 23.0. The van der Waals surface area contributed by atoms with E-state index in [0.717, 1.165) is 5.56 Å². The lowest BCUT2D eigenvalue weighted by Crippen LogP contribution is -2.28. The number of anilines is 1. The first-order chi connectivity index (χ1) is 14.7. The molecule has 2 N–H and O–H groups in total. The number of benzene rings is 2. The van der Waals surface area contributed by atoms with E-state index in [9.17, 15) is 14.0 Å². The molecule has 0 aliphatic rings. The summed E-state index contributed by atoms with van der Waals surface area (Å²) < 4.78 is 16.2. The van der Waals surface area contributed by atoms with E-state index in [0.29, 0.717) is 21.0 Å². The first-order valence-electron chi connectivity index (χ1n) is 9.39. The predicted octanol–water partition coefficient (Wildman–Crippen LogP) is 4.25. The molecule has 0 saturated heterocycles. The molecule has 2 amide bonds. The molecule has 0 bridgehead atoms. The minimum atomic E-state index is -0.521. The molecule has 0 saturated carbocycles. The highest BCUT2D eigenvalue weighted by atomic mass is 79.9. The maximum absolute atomic E-state index is 13.9. The van der Waals surface area contributed by atoms with Crippen LogP contribution in [0.3, 0.4) is 0 Å². The quantitative estimate of drug-likeness (QED) is 0.468. The predicted molar refractivity (Wildman–Crippen MR) is 122 cm³/mol. The van der Waals surface area contributed by atoms with Crippen LogP contribution in [0.15, 0.2) is 52.1 Å². The number of rotatable bonds is 7. The summed E-state index contributed by atoms with van der Waals surface area (Å²) in [6.07, 6.45) is 0. The normalized spacial score (nSPS) is 11.8. The number of thioether (sulfide) groups is 1. The molecule has 162 valence electrons. The Hall–Kier alpha value is -2.72. The van der Waals surface area contributed by atoms with Gasteiger partial charge in [0.25, 0.3) is 5.91 Å². The van der Waals surface area contributed by atoms with Crippen molar-refractivity contribution in [1.29, 1.82) is 0 Å². The lowest BCUT2D eigenvalue weighted by atomic mass is 10.1. The van der Waals surface area contributed by atoms with Crippen molar-refractivity contribution in [3.63, 3.8) is 0 Å². The summed E-state index contributed by atoms with van der Waals surface area (Å²) in [5.74, 6) is -0.503. The van der Waals surface area contributed by atoms with Gasteiger partial charge in [0.2, 0.25) is 5.91 Å². The lowest BCUT2D eigenvalue weighted by Gasteiger charge is -2.14. The Bertz CT molecular complexity index is 1100. The Labute approximate surface area is 192 Å². The minimum absolute atomic E-state index is 0.0333. The topological polar surface area (TPSA) is 88.9 Å². The van der Waals surface area contributed by atoms with E-state index < -0.39 is 5.82 Å². The van der Waals surface area contributed by atoms with Gasteiger partial charge in [-0.25, -0.2) is 4.39 Å². The van der Waals surface area contributed by atoms with Crippen LogP contribution in [0.4, 0.5) is 10.1 Å². The molecule has 0 aliphatic carbocycles. The summed E-state index contributed by atoms with van der Waals surface area (Å²) in [5, 5.41) is 14.2. The van der Waals surface area contributed by atoms with Gasteiger partial charge in [-0.15, -0.1) is 10.2 Å². The third-order valence-corrected chi connectivity index (χ3v) is 5.97. The maximum atomic E-state index is 13.9. The highest BCUT2D eigenvalue weighted by Crippen LogP contribution is 2.22. The van der Waals surface area contributed by atoms with Crippen molar-refractivity contribution in [3.8, 4) is 0 Å². The van der Waals surface area contributed by atoms with Crippen molar-refractivity contribution in [2.24, 2.45) is 7.05 Å². The standard InChI is InChI=1S/C21H21BrFN5O2S/c1-12-4-6-14(7-5-12)20(30)24-13(2)19-26-27-21(28(19)3)31-11-18(29)25-17-9-8-15(22)10-16(17)23/h4-10,13H,11H2,1-3H3,(H,24,30)(H,25,29)/t13-/m1/s1. The number of aromatic nitrogens is 3. The van der Waals surface area contributed by atoms with Gasteiger partial charge < -0.3 is 15.2 Å². The van der Waals surface area contributed by atoms with E-state index in [1.165, 1.54) is 23.9 Å². The molecule has 0 fully saturated rings. The number of halogens is 2. The number of hydrogen-bond donors (Lipinski definition) is 2. The number of hydrogen-bond acceptors (Lipinski definition) is 5. The molecule has 3 aromatic rings. The van der Waals surface area contributed by atoms with E-state index in [1.54, 1.807) is 29.8 Å². The second-order valence-corrected chi connectivity index (χ2v) is 8.78. The van der Waals surface area contributed by atoms with Crippen molar-refractivity contribution in [2.75, 3.05) is 11.1 Å². The zero-order valence-electron chi connectivity index (χ0n) is 17.1. The molecule has 0 spiro atoms. The van der Waals surface area contributed by atoms with Crippen molar-refractivity contribution in [1.82, 2.24) is 20.1 Å². The fraction of sp³-hybridized carbons (Fsp3) is 0.238. The van der Waals surface area contributed by atoms with Crippen LogP contribution in [0, 0.1) is 12.7 Å². The van der Waals surface area contributed by atoms with Gasteiger partial charge in [0.1, 0.15) is 5.82 Å². The van der Waals surface area contributed by atoms with Crippen LogP contribution in [0.2, 0.25) is 0 Å². The largest absolute Gasteiger partial charge is 0.342 e. The number of nitrogens with one attached hydrogen (secondary N) is 2. The smallest absolute Gasteiger partial charge is 0.251 e. The van der Waals surface area contributed by atoms with Crippen molar-refractivity contribution >= 4 is 45.2 Å². The Balaban J connectivity index is 1.58. The second-order valence-electron chi connectivity index (χ2n) is 6.92. The summed E-state index contributed by atoms with van der Waals surface area (Å²) in [4.78, 5) is 24.6. The summed E-state index contributed by atoms with van der Waals surface area (Å²) in [5.41, 5.74) is 1.75. The molecular weight excluding hydrogens is 485 g/mol. The zero-order chi connectivity index (χ0) is 22.5. The number of carbonyl (C=O) groups is 2. The maximum Gasteiger partial charge on any atom is 0.251 e. The number of carbonyl (C=O) groups excluding carboxylic acids is 2. The molecule has 0 radical (unpaired) electrons. The van der Waals surface area contributed by atoms with Crippen LogP contribution < -0.4 is 10.6 Å². The van der Waals surface area contributed by atoms with Gasteiger partial charge in [-0.1, -0.05) is 45.4 Å². The third-order valence-electron chi connectivity index (χ3n) is 4.45. The van der Waals surface area contributed by atoms with Gasteiger partial charge >= 0.3 is 0 Å². The highest BCUT2D eigenvalue weighted by molar-refractivity contribution is 9.10. The second kappa shape index (κ2) is 10.1. The number of nitrogens with zero attached hydrogens (tertiary/aromatic N) is 3. The van der Waals surface area contributed by atoms with E-state index in [4.69, 9.17) is 0 Å². The summed E-state index contributed by atoms with van der Waals surface area (Å²) in [6.45, 7) is 3.77. The molecule has 1 atom stereocenters. The Morgan fingerprint density at radius 2 is 1.90 bits per heavy atom. The molecule has 0 aliphatic heterocycles. The van der Waals surface area contributed by atoms with E-state index in [2.05, 4.69) is 36.8 Å². The van der Waals surface area contributed by atoms with Crippen LogP contribution in [0.5, 0.6) is 0 Å².